The number of carbonyl (C=O) groups excluding carboxylic acids is 2. The number of unbranched alkanes of at least 4 members (excludes halogenated alkanes) is 56. The second-order valence-electron chi connectivity index (χ2n) is 25.3. The van der Waals surface area contributed by atoms with E-state index in [0.717, 1.165) is 44.9 Å². The van der Waals surface area contributed by atoms with E-state index in [1.54, 1.807) is 6.08 Å². The fourth-order valence-corrected chi connectivity index (χ4v) is 11.6. The van der Waals surface area contributed by atoms with Crippen molar-refractivity contribution < 1.29 is 24.5 Å². The number of carbonyl (C=O) groups is 2. The molecule has 0 spiro atoms. The normalized spacial score (nSPS) is 12.6. The van der Waals surface area contributed by atoms with E-state index in [4.69, 9.17) is 4.74 Å². The molecule has 80 heavy (non-hydrogen) atoms. The van der Waals surface area contributed by atoms with Crippen molar-refractivity contribution in [1.82, 2.24) is 5.32 Å². The molecule has 2 unspecified atom stereocenters. The predicted molar refractivity (Wildman–Crippen MR) is 352 cm³/mol. The second kappa shape index (κ2) is 69.8. The van der Waals surface area contributed by atoms with Gasteiger partial charge in [0, 0.05) is 12.8 Å². The zero-order valence-corrected chi connectivity index (χ0v) is 54.3. The molecule has 3 N–H and O–H groups in total. The monoisotopic (exact) mass is 1130 g/mol. The number of aliphatic hydroxyl groups is 2. The smallest absolute Gasteiger partial charge is 0.305 e. The van der Waals surface area contributed by atoms with Crippen LogP contribution in [0.1, 0.15) is 412 Å². The summed E-state index contributed by atoms with van der Waals surface area (Å²) in [5.41, 5.74) is 0. The van der Waals surface area contributed by atoms with Gasteiger partial charge < -0.3 is 20.3 Å². The third-order valence-corrected chi connectivity index (χ3v) is 17.2. The summed E-state index contributed by atoms with van der Waals surface area (Å²) < 4.78 is 5.50. The molecule has 0 heterocycles. The van der Waals surface area contributed by atoms with Crippen LogP contribution in [0.3, 0.4) is 0 Å². The number of amides is 1. The minimum absolute atomic E-state index is 0.00919. The first-order valence-electron chi connectivity index (χ1n) is 36.6. The van der Waals surface area contributed by atoms with Gasteiger partial charge in [0.15, 0.2) is 0 Å². The Balaban J connectivity index is 3.40. The molecule has 6 heteroatoms. The fourth-order valence-electron chi connectivity index (χ4n) is 11.6. The van der Waals surface area contributed by atoms with Crippen molar-refractivity contribution >= 4 is 11.9 Å². The van der Waals surface area contributed by atoms with Crippen LogP contribution in [-0.4, -0.2) is 47.4 Å². The SMILES string of the molecule is CCCCCCCC/C=C\CCCCCCCCCC(=O)OCCCCCCCCCCCCCCCCCCCCCCCC(=O)NC(CO)C(O)/C=C/CCCCCCCCCCCCCCCCCCCCCCCCC. The summed E-state index contributed by atoms with van der Waals surface area (Å²) in [5, 5.41) is 23.3. The Kier molecular flexibility index (Phi) is 68.4. The second-order valence-corrected chi connectivity index (χ2v) is 25.3. The Morgan fingerprint density at radius 1 is 0.338 bits per heavy atom. The predicted octanol–water partition coefficient (Wildman–Crippen LogP) is 23.7. The quantitative estimate of drug-likeness (QED) is 0.0320. The average molecular weight is 1130 g/mol. The summed E-state index contributed by atoms with van der Waals surface area (Å²) in [7, 11) is 0. The van der Waals surface area contributed by atoms with E-state index in [1.165, 1.54) is 340 Å². The maximum absolute atomic E-state index is 12.5. The topological polar surface area (TPSA) is 95.9 Å². The van der Waals surface area contributed by atoms with Gasteiger partial charge in [-0.1, -0.05) is 366 Å². The summed E-state index contributed by atoms with van der Waals surface area (Å²) in [6.07, 6.45) is 88.3. The number of allylic oxidation sites excluding steroid dienone is 3. The molecule has 1 amide bonds. The highest BCUT2D eigenvalue weighted by molar-refractivity contribution is 5.76. The Hall–Kier alpha value is -1.66. The molecular weight excluding hydrogens is 983 g/mol. The van der Waals surface area contributed by atoms with E-state index < -0.39 is 12.1 Å². The van der Waals surface area contributed by atoms with Crippen LogP contribution < -0.4 is 5.32 Å². The summed E-state index contributed by atoms with van der Waals surface area (Å²) in [4.78, 5) is 24.6. The van der Waals surface area contributed by atoms with Crippen LogP contribution in [0.25, 0.3) is 0 Å². The van der Waals surface area contributed by atoms with Crippen LogP contribution in [0, 0.1) is 0 Å². The number of ether oxygens (including phenoxy) is 1. The van der Waals surface area contributed by atoms with Gasteiger partial charge in [0.1, 0.15) is 0 Å². The molecule has 0 aliphatic rings. The van der Waals surface area contributed by atoms with Crippen molar-refractivity contribution in [2.75, 3.05) is 13.2 Å². The lowest BCUT2D eigenvalue weighted by Crippen LogP contribution is -2.45. The maximum atomic E-state index is 12.5. The number of rotatable bonds is 69. The molecule has 0 aromatic rings. The lowest BCUT2D eigenvalue weighted by molar-refractivity contribution is -0.143. The molecule has 0 aromatic carbocycles. The van der Waals surface area contributed by atoms with Crippen LogP contribution in [0.2, 0.25) is 0 Å². The number of nitrogens with one attached hydrogen (secondary N) is 1. The lowest BCUT2D eigenvalue weighted by atomic mass is 10.0. The van der Waals surface area contributed by atoms with Crippen LogP contribution in [0.15, 0.2) is 24.3 Å². The fraction of sp³-hybridized carbons (Fsp3) is 0.919. The molecule has 474 valence electrons. The Bertz CT molecular complexity index is 1250. The van der Waals surface area contributed by atoms with Crippen LogP contribution in [-0.2, 0) is 14.3 Å². The number of hydrogen-bond donors (Lipinski definition) is 3. The van der Waals surface area contributed by atoms with E-state index in [9.17, 15) is 19.8 Å². The molecule has 0 saturated carbocycles. The van der Waals surface area contributed by atoms with Gasteiger partial charge in [0.05, 0.1) is 25.4 Å². The molecule has 6 nitrogen and oxygen atoms in total. The molecule has 0 bridgehead atoms. The van der Waals surface area contributed by atoms with Crippen LogP contribution >= 0.6 is 0 Å². The van der Waals surface area contributed by atoms with Crippen molar-refractivity contribution in [2.24, 2.45) is 0 Å². The standard InChI is InChI=1S/C74H143NO5/c1-3-5-7-9-11-13-15-17-19-21-22-23-24-25-26-28-31-35-38-42-46-50-54-58-62-66-72(77)71(70-76)75-73(78)67-63-59-55-51-47-43-39-36-32-29-27-30-33-37-41-45-49-53-57-61-65-69-80-74(79)68-64-60-56-52-48-44-40-34-20-18-16-14-12-10-8-6-4-2/h18,20,62,66,71-72,76-77H,3-17,19,21-61,63-65,67-70H2,1-2H3,(H,75,78)/b20-18-,66-62+. The number of esters is 1. The first-order chi connectivity index (χ1) is 39.5. The number of aliphatic hydroxyl groups excluding tert-OH is 2. The molecule has 2 atom stereocenters. The van der Waals surface area contributed by atoms with Crippen LogP contribution in [0.4, 0.5) is 0 Å². The van der Waals surface area contributed by atoms with Gasteiger partial charge in [-0.2, -0.15) is 0 Å². The average Bonchev–Trinajstić information content (AvgIpc) is 3.46. The van der Waals surface area contributed by atoms with Gasteiger partial charge in [0.2, 0.25) is 5.91 Å². The molecule has 0 aromatic heterocycles. The summed E-state index contributed by atoms with van der Waals surface area (Å²) in [6.45, 7) is 4.94. The summed E-state index contributed by atoms with van der Waals surface area (Å²) in [6, 6.07) is -0.630. The molecule has 0 aliphatic heterocycles. The van der Waals surface area contributed by atoms with Crippen molar-refractivity contribution in [2.45, 2.75) is 424 Å². The van der Waals surface area contributed by atoms with E-state index in [1.807, 2.05) is 6.08 Å². The highest BCUT2D eigenvalue weighted by atomic mass is 16.5. The first kappa shape index (κ1) is 78.3. The molecular formula is C74H143NO5. The van der Waals surface area contributed by atoms with Crippen molar-refractivity contribution in [3.8, 4) is 0 Å². The third kappa shape index (κ3) is 65.5. The summed E-state index contributed by atoms with van der Waals surface area (Å²) >= 11 is 0. The van der Waals surface area contributed by atoms with Gasteiger partial charge in [-0.25, -0.2) is 0 Å². The third-order valence-electron chi connectivity index (χ3n) is 17.2. The van der Waals surface area contributed by atoms with Gasteiger partial charge in [0.25, 0.3) is 0 Å². The molecule has 0 radical (unpaired) electrons. The van der Waals surface area contributed by atoms with Crippen LogP contribution in [0.5, 0.6) is 0 Å². The van der Waals surface area contributed by atoms with Crippen molar-refractivity contribution in [1.29, 1.82) is 0 Å². The molecule has 0 aliphatic carbocycles. The van der Waals surface area contributed by atoms with Gasteiger partial charge in [-0.3, -0.25) is 9.59 Å². The Labute approximate surface area is 501 Å². The minimum atomic E-state index is -0.847. The summed E-state index contributed by atoms with van der Waals surface area (Å²) in [5.74, 6) is -0.0549. The van der Waals surface area contributed by atoms with E-state index in [-0.39, 0.29) is 18.5 Å². The highest BCUT2D eigenvalue weighted by Gasteiger charge is 2.18. The zero-order chi connectivity index (χ0) is 57.8. The number of hydrogen-bond acceptors (Lipinski definition) is 5. The Morgan fingerprint density at radius 3 is 0.887 bits per heavy atom. The van der Waals surface area contributed by atoms with Gasteiger partial charge in [-0.15, -0.1) is 0 Å². The van der Waals surface area contributed by atoms with E-state index >= 15 is 0 Å². The molecule has 0 rings (SSSR count). The van der Waals surface area contributed by atoms with E-state index in [0.29, 0.717) is 19.4 Å². The van der Waals surface area contributed by atoms with E-state index in [2.05, 4.69) is 31.3 Å². The maximum Gasteiger partial charge on any atom is 0.305 e. The van der Waals surface area contributed by atoms with Gasteiger partial charge >= 0.3 is 5.97 Å². The lowest BCUT2D eigenvalue weighted by Gasteiger charge is -2.20. The zero-order valence-electron chi connectivity index (χ0n) is 54.3. The largest absolute Gasteiger partial charge is 0.466 e. The van der Waals surface area contributed by atoms with Crippen molar-refractivity contribution in [3.63, 3.8) is 0 Å². The minimum Gasteiger partial charge on any atom is -0.466 e. The highest BCUT2D eigenvalue weighted by Crippen LogP contribution is 2.19. The molecule has 0 fully saturated rings. The molecule has 0 saturated heterocycles. The first-order valence-corrected chi connectivity index (χ1v) is 36.6. The van der Waals surface area contributed by atoms with Crippen molar-refractivity contribution in [3.05, 3.63) is 24.3 Å². The van der Waals surface area contributed by atoms with Gasteiger partial charge in [-0.05, 0) is 57.8 Å². The Morgan fingerprint density at radius 2 is 0.588 bits per heavy atom.